The van der Waals surface area contributed by atoms with E-state index in [1.165, 1.54) is 218 Å². The number of phosphoric ester groups is 2. The van der Waals surface area contributed by atoms with Gasteiger partial charge in [-0.25, -0.2) is 9.13 Å². The van der Waals surface area contributed by atoms with Crippen molar-refractivity contribution in [3.8, 4) is 0 Å². The van der Waals surface area contributed by atoms with E-state index in [2.05, 4.69) is 41.5 Å². The maximum Gasteiger partial charge on any atom is 0.472 e. The summed E-state index contributed by atoms with van der Waals surface area (Å²) in [4.78, 5) is 72.8. The highest BCUT2D eigenvalue weighted by molar-refractivity contribution is 7.47. The second-order valence-electron chi connectivity index (χ2n) is 28.7. The molecule has 0 aliphatic heterocycles. The summed E-state index contributed by atoms with van der Waals surface area (Å²) in [6.07, 6.45) is 57.0. The summed E-state index contributed by atoms with van der Waals surface area (Å²) < 4.78 is 68.5. The molecule has 0 saturated carbocycles. The van der Waals surface area contributed by atoms with Crippen LogP contribution in [-0.4, -0.2) is 96.7 Å². The Bertz CT molecular complexity index is 1860. The van der Waals surface area contributed by atoms with Crippen LogP contribution in [0.3, 0.4) is 0 Å². The first-order valence-electron chi connectivity index (χ1n) is 40.0. The average Bonchev–Trinajstić information content (AvgIpc) is 1.37. The van der Waals surface area contributed by atoms with Crippen LogP contribution in [0.2, 0.25) is 0 Å². The lowest BCUT2D eigenvalue weighted by Gasteiger charge is -2.21. The van der Waals surface area contributed by atoms with Crippen LogP contribution in [0, 0.1) is 11.8 Å². The molecule has 0 spiro atoms. The lowest BCUT2D eigenvalue weighted by molar-refractivity contribution is -0.161. The molecule has 570 valence electrons. The Hall–Kier alpha value is -1.94. The first-order chi connectivity index (χ1) is 46.4. The molecule has 0 aromatic heterocycles. The van der Waals surface area contributed by atoms with Crippen LogP contribution < -0.4 is 0 Å². The Morgan fingerprint density at radius 1 is 0.281 bits per heavy atom. The highest BCUT2D eigenvalue weighted by Crippen LogP contribution is 2.45. The summed E-state index contributed by atoms with van der Waals surface area (Å²) in [5, 5.41) is 10.6. The van der Waals surface area contributed by atoms with Gasteiger partial charge in [-0.3, -0.25) is 37.3 Å². The topological polar surface area (TPSA) is 237 Å². The molecule has 0 rings (SSSR count). The number of ether oxygens (including phenoxy) is 4. The van der Waals surface area contributed by atoms with E-state index in [-0.39, 0.29) is 25.7 Å². The van der Waals surface area contributed by atoms with E-state index in [4.69, 9.17) is 37.0 Å². The number of aliphatic hydroxyl groups excluding tert-OH is 1. The molecule has 0 amide bonds. The van der Waals surface area contributed by atoms with Crippen molar-refractivity contribution in [1.29, 1.82) is 0 Å². The molecule has 0 bridgehead atoms. The molecule has 0 aromatic carbocycles. The van der Waals surface area contributed by atoms with Crippen LogP contribution in [0.25, 0.3) is 0 Å². The third-order valence-corrected chi connectivity index (χ3v) is 19.9. The molecular formula is C77H150O17P2. The number of phosphoric acid groups is 2. The standard InChI is InChI=1S/C77H150O17P2/c1-7-9-11-13-15-17-19-20-21-22-23-24-25-26-27-28-31-36-43-49-55-61-76(81)93-72(65-88-75(80)60-54-48-42-35-32-29-30-33-39-45-51-57-69(3)4)67-91-95(83,84)89-63-71(78)64-90-96(85,86)92-68-73(66-87-74(79)59-53-47-41-34-18-16-14-12-10-8-2)94-77(82)62-56-50-44-38-37-40-46-52-58-70(5)6/h69-73,78H,7-68H2,1-6H3,(H,83,84)(H,85,86)/t71-,72-,73-/m1/s1. The Labute approximate surface area is 588 Å². The highest BCUT2D eigenvalue weighted by atomic mass is 31.2. The van der Waals surface area contributed by atoms with Gasteiger partial charge in [-0.05, 0) is 37.5 Å². The predicted octanol–water partition coefficient (Wildman–Crippen LogP) is 22.7. The van der Waals surface area contributed by atoms with Gasteiger partial charge in [0, 0.05) is 25.7 Å². The first kappa shape index (κ1) is 94.1. The predicted molar refractivity (Wildman–Crippen MR) is 391 cm³/mol. The van der Waals surface area contributed by atoms with Gasteiger partial charge < -0.3 is 33.8 Å². The molecular weight excluding hydrogens is 1260 g/mol. The van der Waals surface area contributed by atoms with Crippen LogP contribution in [0.4, 0.5) is 0 Å². The largest absolute Gasteiger partial charge is 0.472 e. The van der Waals surface area contributed by atoms with Crippen molar-refractivity contribution in [3.63, 3.8) is 0 Å². The normalized spacial score (nSPS) is 14.0. The molecule has 19 heteroatoms. The molecule has 2 unspecified atom stereocenters. The average molecular weight is 1410 g/mol. The summed E-state index contributed by atoms with van der Waals surface area (Å²) in [5.41, 5.74) is 0. The third kappa shape index (κ3) is 70.5. The first-order valence-corrected chi connectivity index (χ1v) is 43.0. The highest BCUT2D eigenvalue weighted by Gasteiger charge is 2.30. The number of aliphatic hydroxyl groups is 1. The summed E-state index contributed by atoms with van der Waals surface area (Å²) in [7, 11) is -9.91. The van der Waals surface area contributed by atoms with Crippen molar-refractivity contribution in [3.05, 3.63) is 0 Å². The third-order valence-electron chi connectivity index (χ3n) is 18.0. The second-order valence-corrected chi connectivity index (χ2v) is 31.6. The van der Waals surface area contributed by atoms with Crippen molar-refractivity contribution in [2.75, 3.05) is 39.6 Å². The molecule has 5 atom stereocenters. The summed E-state index contributed by atoms with van der Waals surface area (Å²) >= 11 is 0. The van der Waals surface area contributed by atoms with Gasteiger partial charge in [0.2, 0.25) is 0 Å². The van der Waals surface area contributed by atoms with Crippen LogP contribution in [0.1, 0.15) is 401 Å². The molecule has 0 aromatic rings. The van der Waals surface area contributed by atoms with E-state index < -0.39 is 97.5 Å². The number of esters is 4. The van der Waals surface area contributed by atoms with Crippen LogP contribution in [0.15, 0.2) is 0 Å². The van der Waals surface area contributed by atoms with Crippen LogP contribution >= 0.6 is 15.6 Å². The van der Waals surface area contributed by atoms with E-state index in [1.807, 2.05) is 0 Å². The maximum absolute atomic E-state index is 13.1. The van der Waals surface area contributed by atoms with Gasteiger partial charge in [0.15, 0.2) is 12.2 Å². The van der Waals surface area contributed by atoms with Gasteiger partial charge in [0.25, 0.3) is 0 Å². The molecule has 0 radical (unpaired) electrons. The van der Waals surface area contributed by atoms with Crippen LogP contribution in [0.5, 0.6) is 0 Å². The van der Waals surface area contributed by atoms with Gasteiger partial charge in [-0.2, -0.15) is 0 Å². The minimum absolute atomic E-state index is 0.105. The van der Waals surface area contributed by atoms with Crippen molar-refractivity contribution in [2.45, 2.75) is 419 Å². The van der Waals surface area contributed by atoms with Gasteiger partial charge in [0.05, 0.1) is 26.4 Å². The summed E-state index contributed by atoms with van der Waals surface area (Å²) in [6.45, 7) is 9.55. The van der Waals surface area contributed by atoms with Crippen LogP contribution in [-0.2, 0) is 65.4 Å². The van der Waals surface area contributed by atoms with Gasteiger partial charge in [-0.15, -0.1) is 0 Å². The van der Waals surface area contributed by atoms with Crippen molar-refractivity contribution in [2.24, 2.45) is 11.8 Å². The molecule has 0 aliphatic carbocycles. The fraction of sp³-hybridized carbons (Fsp3) is 0.948. The fourth-order valence-corrected chi connectivity index (χ4v) is 13.4. The lowest BCUT2D eigenvalue weighted by Crippen LogP contribution is -2.30. The van der Waals surface area contributed by atoms with E-state index in [0.29, 0.717) is 25.7 Å². The lowest BCUT2D eigenvalue weighted by atomic mass is 10.0. The Morgan fingerprint density at radius 3 is 0.708 bits per heavy atom. The Kier molecular flexibility index (Phi) is 67.4. The summed E-state index contributed by atoms with van der Waals surface area (Å²) in [6, 6.07) is 0. The molecule has 0 saturated heterocycles. The second kappa shape index (κ2) is 68.8. The maximum atomic E-state index is 13.1. The zero-order valence-corrected chi connectivity index (χ0v) is 64.5. The van der Waals surface area contributed by atoms with Crippen molar-refractivity contribution in [1.82, 2.24) is 0 Å². The smallest absolute Gasteiger partial charge is 0.462 e. The number of hydrogen-bond donors (Lipinski definition) is 3. The zero-order valence-electron chi connectivity index (χ0n) is 62.7. The van der Waals surface area contributed by atoms with Crippen molar-refractivity contribution < 1.29 is 80.2 Å². The molecule has 0 heterocycles. The summed E-state index contributed by atoms with van der Waals surface area (Å²) in [5.74, 6) is -0.628. The minimum atomic E-state index is -4.96. The molecule has 3 N–H and O–H groups in total. The minimum Gasteiger partial charge on any atom is -0.462 e. The van der Waals surface area contributed by atoms with E-state index >= 15 is 0 Å². The molecule has 0 aliphatic rings. The van der Waals surface area contributed by atoms with Gasteiger partial charge in [0.1, 0.15) is 19.3 Å². The number of unbranched alkanes of at least 4 members (excludes halogenated alkanes) is 46. The fourth-order valence-electron chi connectivity index (χ4n) is 11.8. The SMILES string of the molecule is CCCCCCCCCCCCCCCCCCCCCCCC(=O)O[C@H](COC(=O)CCCCCCCCCCCCCC(C)C)COP(=O)(O)OC[C@@H](O)COP(=O)(O)OC[C@@H](COC(=O)CCCCCCCCCCCC)OC(=O)CCCCCCCCCCC(C)C. The zero-order chi connectivity index (χ0) is 70.7. The Balaban J connectivity index is 5.20. The number of rotatable bonds is 76. The number of hydrogen-bond acceptors (Lipinski definition) is 15. The Morgan fingerprint density at radius 2 is 0.479 bits per heavy atom. The molecule has 96 heavy (non-hydrogen) atoms. The van der Waals surface area contributed by atoms with Gasteiger partial charge >= 0.3 is 39.5 Å². The monoisotopic (exact) mass is 1410 g/mol. The molecule has 17 nitrogen and oxygen atoms in total. The van der Waals surface area contributed by atoms with Crippen molar-refractivity contribution >= 4 is 39.5 Å². The molecule has 0 fully saturated rings. The number of carbonyl (C=O) groups is 4. The number of carbonyl (C=O) groups excluding carboxylic acids is 4. The van der Waals surface area contributed by atoms with E-state index in [9.17, 15) is 43.2 Å². The quantitative estimate of drug-likeness (QED) is 0.0222. The van der Waals surface area contributed by atoms with E-state index in [1.54, 1.807) is 0 Å². The van der Waals surface area contributed by atoms with E-state index in [0.717, 1.165) is 102 Å². The van der Waals surface area contributed by atoms with Gasteiger partial charge in [-0.1, -0.05) is 350 Å².